The van der Waals surface area contributed by atoms with Gasteiger partial charge in [0.05, 0.1) is 28.8 Å². The van der Waals surface area contributed by atoms with Crippen molar-refractivity contribution in [2.24, 2.45) is 5.73 Å². The lowest BCUT2D eigenvalue weighted by molar-refractivity contribution is 0.0789. The minimum absolute atomic E-state index is 0.0490. The fraction of sp³-hybridized carbons (Fsp3) is 0.263. The van der Waals surface area contributed by atoms with Crippen LogP contribution in [0.1, 0.15) is 33.6 Å². The largest absolute Gasteiger partial charge is 0.496 e. The van der Waals surface area contributed by atoms with Gasteiger partial charge in [0, 0.05) is 13.1 Å². The first kappa shape index (κ1) is 19.7. The predicted molar refractivity (Wildman–Crippen MR) is 104 cm³/mol. The van der Waals surface area contributed by atoms with Gasteiger partial charge in [0.1, 0.15) is 5.75 Å². The molecule has 1 heterocycles. The third-order valence-corrected chi connectivity index (χ3v) is 5.90. The van der Waals surface area contributed by atoms with Crippen LogP contribution in [0.3, 0.4) is 0 Å². The average molecular weight is 403 g/mol. The zero-order chi connectivity index (χ0) is 20.3. The molecule has 0 spiro atoms. The Morgan fingerprint density at radius 2 is 1.75 bits per heavy atom. The lowest BCUT2D eigenvalue weighted by atomic mass is 10.1. The van der Waals surface area contributed by atoms with Crippen LogP contribution in [0, 0.1) is 0 Å². The standard InChI is InChI=1S/C19H21N3O5S/c1-27-17-9-8-13(12-15(17)19(24)22-10-4-5-11-22)28(25,26)21-16-7-3-2-6-14(16)18(20)23/h2-3,6-9,12,21H,4-5,10-11H2,1H3,(H2,20,23). The van der Waals surface area contributed by atoms with E-state index >= 15 is 0 Å². The number of primary amides is 1. The van der Waals surface area contributed by atoms with Crippen molar-refractivity contribution in [2.45, 2.75) is 17.7 Å². The number of hydrogen-bond donors (Lipinski definition) is 2. The van der Waals surface area contributed by atoms with Crippen LogP contribution in [0.5, 0.6) is 5.75 Å². The molecule has 148 valence electrons. The zero-order valence-electron chi connectivity index (χ0n) is 15.3. The van der Waals surface area contributed by atoms with E-state index < -0.39 is 15.9 Å². The third-order valence-electron chi connectivity index (χ3n) is 4.54. The predicted octanol–water partition coefficient (Wildman–Crippen LogP) is 1.83. The molecule has 8 nitrogen and oxygen atoms in total. The van der Waals surface area contributed by atoms with Crippen LogP contribution in [-0.4, -0.2) is 45.3 Å². The molecule has 3 N–H and O–H groups in total. The number of amides is 2. The van der Waals surface area contributed by atoms with Crippen LogP contribution in [0.2, 0.25) is 0 Å². The molecule has 0 aromatic heterocycles. The molecule has 9 heteroatoms. The summed E-state index contributed by atoms with van der Waals surface area (Å²) >= 11 is 0. The Balaban J connectivity index is 1.97. The molecule has 0 radical (unpaired) electrons. The highest BCUT2D eigenvalue weighted by atomic mass is 32.2. The number of para-hydroxylation sites is 1. The second-order valence-electron chi connectivity index (χ2n) is 6.38. The van der Waals surface area contributed by atoms with Crippen LogP contribution in [0.25, 0.3) is 0 Å². The second kappa shape index (κ2) is 7.89. The number of likely N-dealkylation sites (tertiary alicyclic amines) is 1. The molecule has 0 bridgehead atoms. The molecule has 1 saturated heterocycles. The number of methoxy groups -OCH3 is 1. The van der Waals surface area contributed by atoms with Gasteiger partial charge in [-0.25, -0.2) is 8.42 Å². The molecule has 0 unspecified atom stereocenters. The maximum atomic E-state index is 12.8. The Hall–Kier alpha value is -3.07. The molecule has 1 aliphatic heterocycles. The van der Waals surface area contributed by atoms with E-state index in [9.17, 15) is 18.0 Å². The SMILES string of the molecule is COc1ccc(S(=O)(=O)Nc2ccccc2C(N)=O)cc1C(=O)N1CCCC1. The van der Waals surface area contributed by atoms with Gasteiger partial charge in [-0.3, -0.25) is 14.3 Å². The summed E-state index contributed by atoms with van der Waals surface area (Å²) in [5, 5.41) is 0. The van der Waals surface area contributed by atoms with E-state index in [0.29, 0.717) is 18.8 Å². The number of carbonyl (C=O) groups is 2. The fourth-order valence-corrected chi connectivity index (χ4v) is 4.21. The highest BCUT2D eigenvalue weighted by Gasteiger charge is 2.25. The van der Waals surface area contributed by atoms with E-state index in [4.69, 9.17) is 10.5 Å². The highest BCUT2D eigenvalue weighted by molar-refractivity contribution is 7.92. The van der Waals surface area contributed by atoms with Crippen LogP contribution < -0.4 is 15.2 Å². The summed E-state index contributed by atoms with van der Waals surface area (Å²) < 4.78 is 33.3. The quantitative estimate of drug-likeness (QED) is 0.763. The molecule has 1 aliphatic rings. The first-order valence-electron chi connectivity index (χ1n) is 8.72. The van der Waals surface area contributed by atoms with Crippen molar-refractivity contribution < 1.29 is 22.7 Å². The van der Waals surface area contributed by atoms with Gasteiger partial charge in [-0.1, -0.05) is 12.1 Å². The summed E-state index contributed by atoms with van der Waals surface area (Å²) in [5.74, 6) is -0.727. The lowest BCUT2D eigenvalue weighted by Gasteiger charge is -2.18. The van der Waals surface area contributed by atoms with Gasteiger partial charge in [0.2, 0.25) is 0 Å². The van der Waals surface area contributed by atoms with Gasteiger partial charge in [-0.2, -0.15) is 0 Å². The number of hydrogen-bond acceptors (Lipinski definition) is 5. The van der Waals surface area contributed by atoms with Crippen molar-refractivity contribution in [2.75, 3.05) is 24.9 Å². The third kappa shape index (κ3) is 3.94. The lowest BCUT2D eigenvalue weighted by Crippen LogP contribution is -2.28. The number of ether oxygens (including phenoxy) is 1. The Labute approximate surface area is 163 Å². The van der Waals surface area contributed by atoms with Crippen LogP contribution in [-0.2, 0) is 10.0 Å². The normalized spacial score (nSPS) is 14.0. The van der Waals surface area contributed by atoms with E-state index in [1.54, 1.807) is 17.0 Å². The average Bonchev–Trinajstić information content (AvgIpc) is 3.21. The van der Waals surface area contributed by atoms with Gasteiger partial charge in [-0.05, 0) is 43.2 Å². The summed E-state index contributed by atoms with van der Waals surface area (Å²) in [6.45, 7) is 1.26. The van der Waals surface area contributed by atoms with Gasteiger partial charge in [0.15, 0.2) is 0 Å². The van der Waals surface area contributed by atoms with Crippen LogP contribution >= 0.6 is 0 Å². The summed E-state index contributed by atoms with van der Waals surface area (Å²) in [4.78, 5) is 25.9. The van der Waals surface area contributed by atoms with E-state index in [-0.39, 0.29) is 27.6 Å². The Morgan fingerprint density at radius 3 is 2.39 bits per heavy atom. The van der Waals surface area contributed by atoms with E-state index in [0.717, 1.165) is 12.8 Å². The fourth-order valence-electron chi connectivity index (χ4n) is 3.10. The maximum Gasteiger partial charge on any atom is 0.261 e. The molecule has 0 atom stereocenters. The monoisotopic (exact) mass is 403 g/mol. The first-order chi connectivity index (χ1) is 13.3. The smallest absolute Gasteiger partial charge is 0.261 e. The summed E-state index contributed by atoms with van der Waals surface area (Å²) in [6, 6.07) is 10.1. The number of benzene rings is 2. The first-order valence-corrected chi connectivity index (χ1v) is 10.2. The van der Waals surface area contributed by atoms with Crippen molar-refractivity contribution in [3.05, 3.63) is 53.6 Å². The highest BCUT2D eigenvalue weighted by Crippen LogP contribution is 2.27. The summed E-state index contributed by atoms with van der Waals surface area (Å²) in [7, 11) is -2.64. The summed E-state index contributed by atoms with van der Waals surface area (Å²) in [6.07, 6.45) is 1.83. The number of carbonyl (C=O) groups excluding carboxylic acids is 2. The van der Waals surface area contributed by atoms with Crippen molar-refractivity contribution >= 4 is 27.5 Å². The minimum Gasteiger partial charge on any atom is -0.496 e. The molecule has 2 amide bonds. The maximum absolute atomic E-state index is 12.8. The van der Waals surface area contributed by atoms with Crippen LogP contribution in [0.15, 0.2) is 47.4 Å². The minimum atomic E-state index is -4.06. The van der Waals surface area contributed by atoms with Crippen molar-refractivity contribution in [3.63, 3.8) is 0 Å². The number of rotatable bonds is 6. The number of sulfonamides is 1. The molecular weight excluding hydrogens is 382 g/mol. The van der Waals surface area contributed by atoms with Crippen molar-refractivity contribution in [1.29, 1.82) is 0 Å². The van der Waals surface area contributed by atoms with Gasteiger partial charge >= 0.3 is 0 Å². The number of nitrogens with one attached hydrogen (secondary N) is 1. The molecular formula is C19H21N3O5S. The Kier molecular flexibility index (Phi) is 5.55. The molecule has 1 fully saturated rings. The van der Waals surface area contributed by atoms with Gasteiger partial charge in [0.25, 0.3) is 21.8 Å². The Morgan fingerprint density at radius 1 is 1.07 bits per heavy atom. The van der Waals surface area contributed by atoms with Crippen molar-refractivity contribution in [1.82, 2.24) is 4.90 Å². The van der Waals surface area contributed by atoms with Crippen molar-refractivity contribution in [3.8, 4) is 5.75 Å². The van der Waals surface area contributed by atoms with Gasteiger partial charge in [-0.15, -0.1) is 0 Å². The molecule has 28 heavy (non-hydrogen) atoms. The van der Waals surface area contributed by atoms with Crippen LogP contribution in [0.4, 0.5) is 5.69 Å². The number of anilines is 1. The second-order valence-corrected chi connectivity index (χ2v) is 8.06. The Bertz CT molecular complexity index is 1010. The zero-order valence-corrected chi connectivity index (χ0v) is 16.2. The molecule has 2 aromatic carbocycles. The topological polar surface area (TPSA) is 119 Å². The molecule has 0 aliphatic carbocycles. The molecule has 3 rings (SSSR count). The molecule has 0 saturated carbocycles. The van der Waals surface area contributed by atoms with E-state index in [2.05, 4.69) is 4.72 Å². The van der Waals surface area contributed by atoms with E-state index in [1.807, 2.05) is 0 Å². The number of nitrogens with two attached hydrogens (primary N) is 1. The van der Waals surface area contributed by atoms with E-state index in [1.165, 1.54) is 37.4 Å². The number of nitrogens with zero attached hydrogens (tertiary/aromatic N) is 1. The molecule has 2 aromatic rings. The summed E-state index contributed by atoms with van der Waals surface area (Å²) in [5.41, 5.74) is 5.60. The van der Waals surface area contributed by atoms with Gasteiger partial charge < -0.3 is 15.4 Å².